The molecule has 0 saturated carbocycles. The molecule has 4 unspecified atom stereocenters. The fourth-order valence-electron chi connectivity index (χ4n) is 2.24. The van der Waals surface area contributed by atoms with Gasteiger partial charge >= 0.3 is 5.97 Å². The zero-order chi connectivity index (χ0) is 23.0. The van der Waals surface area contributed by atoms with Crippen LogP contribution in [0.2, 0.25) is 0 Å². The van der Waals surface area contributed by atoms with Crippen molar-refractivity contribution < 1.29 is 39.0 Å². The maximum absolute atomic E-state index is 12.4. The Hall–Kier alpha value is -2.91. The van der Waals surface area contributed by atoms with E-state index in [1.165, 1.54) is 6.92 Å². The number of nitrogens with one attached hydrogen (secondary N) is 4. The summed E-state index contributed by atoms with van der Waals surface area (Å²) in [5.41, 5.74) is 10.8. The number of thioether (sulfide) groups is 1. The Bertz CT molecular complexity index is 719. The van der Waals surface area contributed by atoms with Crippen molar-refractivity contribution in [2.45, 2.75) is 42.9 Å². The van der Waals surface area contributed by atoms with Crippen LogP contribution >= 0.6 is 11.8 Å². The second kappa shape index (κ2) is 11.3. The molecule has 5 atom stereocenters. The van der Waals surface area contributed by atoms with Gasteiger partial charge in [0.15, 0.2) is 5.37 Å². The molecule has 1 saturated heterocycles. The smallest absolute Gasteiger partial charge is 0.336 e. The van der Waals surface area contributed by atoms with Crippen LogP contribution in [0.25, 0.3) is 0 Å². The van der Waals surface area contributed by atoms with Crippen LogP contribution in [0, 0.1) is 0 Å². The Morgan fingerprint density at radius 2 is 1.57 bits per heavy atom. The SMILES string of the molecule is CC1NC(=O)C(CO)NC(=O)C(N)CSC(C(=O)O)NC(=O)[C@H](CC(N)=O)NC1=O. The van der Waals surface area contributed by atoms with E-state index >= 15 is 0 Å². The monoisotopic (exact) mass is 448 g/mol. The van der Waals surface area contributed by atoms with Crippen LogP contribution in [0.5, 0.6) is 0 Å². The second-order valence-electron chi connectivity index (χ2n) is 6.37. The maximum Gasteiger partial charge on any atom is 0.336 e. The van der Waals surface area contributed by atoms with Gasteiger partial charge in [-0.2, -0.15) is 0 Å². The highest BCUT2D eigenvalue weighted by Crippen LogP contribution is 2.11. The Kier molecular flexibility index (Phi) is 9.48. The number of aliphatic carboxylic acids is 1. The standard InChI is InChI=1S/C15H24N6O8S/c1-5-10(24)19-7(2-9(17)23)12(26)21-14(15(28)29)30-4-6(16)11(25)20-8(3-22)13(27)18-5/h5-8,14,22H,2-4,16H2,1H3,(H2,17,23)(H,18,27)(H,19,24)(H,20,25)(H,21,26)(H,28,29)/t5?,6?,7-,8?,14?/m0/s1. The van der Waals surface area contributed by atoms with E-state index in [2.05, 4.69) is 21.3 Å². The van der Waals surface area contributed by atoms with Crippen molar-refractivity contribution in [3.63, 3.8) is 0 Å². The highest BCUT2D eigenvalue weighted by Gasteiger charge is 2.32. The van der Waals surface area contributed by atoms with E-state index < -0.39 is 78.1 Å². The van der Waals surface area contributed by atoms with E-state index in [1.54, 1.807) is 0 Å². The van der Waals surface area contributed by atoms with Crippen LogP contribution in [0.3, 0.4) is 0 Å². The van der Waals surface area contributed by atoms with Crippen molar-refractivity contribution in [1.82, 2.24) is 21.3 Å². The third-order valence-electron chi connectivity index (χ3n) is 3.88. The summed E-state index contributed by atoms with van der Waals surface area (Å²) in [6, 6.07) is -5.45. The zero-order valence-corrected chi connectivity index (χ0v) is 16.7. The first-order chi connectivity index (χ1) is 14.0. The molecule has 1 fully saturated rings. The minimum absolute atomic E-state index is 0.272. The summed E-state index contributed by atoms with van der Waals surface area (Å²) in [5, 5.41) is 25.9. The third kappa shape index (κ3) is 7.49. The fraction of sp³-hybridized carbons (Fsp3) is 0.600. The summed E-state index contributed by atoms with van der Waals surface area (Å²) in [6.45, 7) is 0.455. The third-order valence-corrected chi connectivity index (χ3v) is 5.09. The lowest BCUT2D eigenvalue weighted by Gasteiger charge is -2.22. The van der Waals surface area contributed by atoms with Gasteiger partial charge in [0.1, 0.15) is 18.1 Å². The van der Waals surface area contributed by atoms with E-state index in [9.17, 15) is 39.0 Å². The number of carboxylic acid groups (broad SMARTS) is 1. The van der Waals surface area contributed by atoms with Gasteiger partial charge in [0.05, 0.1) is 19.1 Å². The van der Waals surface area contributed by atoms with Crippen molar-refractivity contribution in [2.75, 3.05) is 12.4 Å². The molecule has 0 bridgehead atoms. The van der Waals surface area contributed by atoms with Gasteiger partial charge in [-0.3, -0.25) is 24.0 Å². The molecule has 1 aliphatic heterocycles. The summed E-state index contributed by atoms with van der Waals surface area (Å²) in [4.78, 5) is 71.8. The minimum atomic E-state index is -1.56. The average molecular weight is 448 g/mol. The summed E-state index contributed by atoms with van der Waals surface area (Å²) in [7, 11) is 0. The van der Waals surface area contributed by atoms with Crippen molar-refractivity contribution >= 4 is 47.3 Å². The first-order valence-corrected chi connectivity index (χ1v) is 9.71. The lowest BCUT2D eigenvalue weighted by molar-refractivity contribution is -0.139. The first-order valence-electron chi connectivity index (χ1n) is 8.66. The number of carboxylic acids is 1. The van der Waals surface area contributed by atoms with Crippen molar-refractivity contribution in [3.05, 3.63) is 0 Å². The number of rotatable bonds is 4. The molecule has 0 aromatic carbocycles. The molecule has 15 heteroatoms. The van der Waals surface area contributed by atoms with Gasteiger partial charge in [-0.25, -0.2) is 4.79 Å². The van der Waals surface area contributed by atoms with Gasteiger partial charge in [0.2, 0.25) is 29.5 Å². The number of nitrogens with two attached hydrogens (primary N) is 2. The Morgan fingerprint density at radius 1 is 1.00 bits per heavy atom. The lowest BCUT2D eigenvalue weighted by Crippen LogP contribution is -2.58. The molecular formula is C15H24N6O8S. The quantitative estimate of drug-likeness (QED) is 0.203. The van der Waals surface area contributed by atoms with Crippen molar-refractivity contribution in [1.29, 1.82) is 0 Å². The van der Waals surface area contributed by atoms with Gasteiger partial charge < -0.3 is 42.9 Å². The highest BCUT2D eigenvalue weighted by atomic mass is 32.2. The molecule has 0 aromatic heterocycles. The Labute approximate surface area is 174 Å². The summed E-state index contributed by atoms with van der Waals surface area (Å²) < 4.78 is 0. The maximum atomic E-state index is 12.4. The number of hydrogen-bond acceptors (Lipinski definition) is 9. The Balaban J connectivity index is 3.20. The summed E-state index contributed by atoms with van der Waals surface area (Å²) in [6.07, 6.45) is -0.631. The summed E-state index contributed by atoms with van der Waals surface area (Å²) >= 11 is 0.600. The van der Waals surface area contributed by atoms with Crippen LogP contribution in [0.1, 0.15) is 13.3 Å². The van der Waals surface area contributed by atoms with Crippen LogP contribution in [0.15, 0.2) is 0 Å². The summed E-state index contributed by atoms with van der Waals surface area (Å²) in [5.74, 6) is -6.34. The predicted octanol–water partition coefficient (Wildman–Crippen LogP) is -5.07. The number of hydrogen-bond donors (Lipinski definition) is 8. The molecule has 1 aliphatic rings. The van der Waals surface area contributed by atoms with Gasteiger partial charge in [-0.1, -0.05) is 0 Å². The van der Waals surface area contributed by atoms with Crippen LogP contribution in [-0.4, -0.2) is 87.6 Å². The molecule has 0 aromatic rings. The number of aliphatic hydroxyl groups excluding tert-OH is 1. The second-order valence-corrected chi connectivity index (χ2v) is 7.51. The molecular weight excluding hydrogens is 424 g/mol. The number of aliphatic hydroxyl groups is 1. The number of primary amides is 1. The normalized spacial score (nSPS) is 29.4. The van der Waals surface area contributed by atoms with Crippen LogP contribution in [0.4, 0.5) is 0 Å². The molecule has 14 nitrogen and oxygen atoms in total. The molecule has 168 valence electrons. The van der Waals surface area contributed by atoms with Crippen molar-refractivity contribution in [2.24, 2.45) is 11.5 Å². The molecule has 1 rings (SSSR count). The van der Waals surface area contributed by atoms with Crippen molar-refractivity contribution in [3.8, 4) is 0 Å². The first kappa shape index (κ1) is 25.1. The van der Waals surface area contributed by atoms with Gasteiger partial charge in [0, 0.05) is 5.75 Å². The highest BCUT2D eigenvalue weighted by molar-refractivity contribution is 8.00. The Morgan fingerprint density at radius 3 is 2.10 bits per heavy atom. The van der Waals surface area contributed by atoms with Gasteiger partial charge in [0.25, 0.3) is 0 Å². The fourth-order valence-corrected chi connectivity index (χ4v) is 3.13. The van der Waals surface area contributed by atoms with Gasteiger partial charge in [-0.05, 0) is 6.92 Å². The van der Waals surface area contributed by atoms with Crippen LogP contribution < -0.4 is 32.7 Å². The van der Waals surface area contributed by atoms with E-state index in [0.29, 0.717) is 11.8 Å². The molecule has 5 amide bonds. The lowest BCUT2D eigenvalue weighted by atomic mass is 10.1. The van der Waals surface area contributed by atoms with E-state index in [1.807, 2.05) is 0 Å². The topological polar surface area (TPSA) is 243 Å². The number of amides is 5. The predicted molar refractivity (Wildman–Crippen MR) is 102 cm³/mol. The van der Waals surface area contributed by atoms with Gasteiger partial charge in [-0.15, -0.1) is 11.8 Å². The molecule has 0 aliphatic carbocycles. The van der Waals surface area contributed by atoms with Crippen LogP contribution in [-0.2, 0) is 28.8 Å². The molecule has 1 heterocycles. The largest absolute Gasteiger partial charge is 0.479 e. The molecule has 0 radical (unpaired) electrons. The molecule has 30 heavy (non-hydrogen) atoms. The minimum Gasteiger partial charge on any atom is -0.479 e. The number of carbonyl (C=O) groups excluding carboxylic acids is 5. The molecule has 10 N–H and O–H groups in total. The zero-order valence-electron chi connectivity index (χ0n) is 15.9. The number of carbonyl (C=O) groups is 6. The van der Waals surface area contributed by atoms with E-state index in [0.717, 1.165) is 0 Å². The van der Waals surface area contributed by atoms with E-state index in [4.69, 9.17) is 11.5 Å². The van der Waals surface area contributed by atoms with E-state index in [-0.39, 0.29) is 5.75 Å². The molecule has 0 spiro atoms. The average Bonchev–Trinajstić information content (AvgIpc) is 2.66.